The quantitative estimate of drug-likeness (QED) is 0.682. The van der Waals surface area contributed by atoms with Crippen molar-refractivity contribution in [1.29, 1.82) is 0 Å². The molecule has 0 radical (unpaired) electrons. The molecule has 0 bridgehead atoms. The second-order valence-electron chi connectivity index (χ2n) is 4.14. The highest BCUT2D eigenvalue weighted by Gasteiger charge is 2.01. The van der Waals surface area contributed by atoms with Crippen LogP contribution in [-0.2, 0) is 13.1 Å². The summed E-state index contributed by atoms with van der Waals surface area (Å²) in [6, 6.07) is 4.11. The third-order valence-corrected chi connectivity index (χ3v) is 2.81. The van der Waals surface area contributed by atoms with Crippen LogP contribution in [-0.4, -0.2) is 14.1 Å². The van der Waals surface area contributed by atoms with E-state index in [0.29, 0.717) is 0 Å². The monoisotopic (exact) mass is 217 g/mol. The van der Waals surface area contributed by atoms with Crippen LogP contribution in [0.3, 0.4) is 0 Å². The second kappa shape index (κ2) is 5.54. The van der Waals surface area contributed by atoms with Gasteiger partial charge in [0.05, 0.1) is 18.6 Å². The number of aryl methyl sites for hydroxylation is 1. The molecule has 0 amide bonds. The molecule has 0 saturated carbocycles. The van der Waals surface area contributed by atoms with Gasteiger partial charge in [-0.3, -0.25) is 0 Å². The molecule has 0 N–H and O–H groups in total. The van der Waals surface area contributed by atoms with Gasteiger partial charge in [-0.15, -0.1) is 0 Å². The molecule has 0 aromatic carbocycles. The molecule has 0 saturated heterocycles. The lowest BCUT2D eigenvalue weighted by atomic mass is 10.2. The van der Waals surface area contributed by atoms with Crippen LogP contribution >= 0.6 is 0 Å². The van der Waals surface area contributed by atoms with Gasteiger partial charge in [0.15, 0.2) is 0 Å². The molecule has 3 heteroatoms. The SMILES string of the molecule is CCCCCn1cncc1Cn1cccc1. The summed E-state index contributed by atoms with van der Waals surface area (Å²) < 4.78 is 4.43. The van der Waals surface area contributed by atoms with Crippen LogP contribution in [0.25, 0.3) is 0 Å². The molecule has 0 aliphatic carbocycles. The zero-order valence-corrected chi connectivity index (χ0v) is 9.84. The van der Waals surface area contributed by atoms with Gasteiger partial charge >= 0.3 is 0 Å². The van der Waals surface area contributed by atoms with E-state index in [-0.39, 0.29) is 0 Å². The first-order valence-electron chi connectivity index (χ1n) is 6.00. The molecule has 0 fully saturated rings. The van der Waals surface area contributed by atoms with E-state index in [1.54, 1.807) is 0 Å². The summed E-state index contributed by atoms with van der Waals surface area (Å²) in [6.07, 6.45) is 11.9. The number of hydrogen-bond acceptors (Lipinski definition) is 1. The number of hydrogen-bond donors (Lipinski definition) is 0. The third-order valence-electron chi connectivity index (χ3n) is 2.81. The van der Waals surface area contributed by atoms with Gasteiger partial charge in [0.25, 0.3) is 0 Å². The minimum atomic E-state index is 0.916. The Morgan fingerprint density at radius 3 is 2.75 bits per heavy atom. The average Bonchev–Trinajstić information content (AvgIpc) is 2.92. The first kappa shape index (κ1) is 11.0. The molecule has 0 spiro atoms. The molecule has 0 aliphatic rings. The van der Waals surface area contributed by atoms with Crippen molar-refractivity contribution >= 4 is 0 Å². The molecule has 3 nitrogen and oxygen atoms in total. The highest BCUT2D eigenvalue weighted by molar-refractivity contribution is 5.02. The van der Waals surface area contributed by atoms with Gasteiger partial charge in [0.2, 0.25) is 0 Å². The number of imidazole rings is 1. The summed E-state index contributed by atoms with van der Waals surface area (Å²) in [5, 5.41) is 0. The van der Waals surface area contributed by atoms with Crippen LogP contribution in [0.1, 0.15) is 31.9 Å². The minimum absolute atomic E-state index is 0.916. The number of unbranched alkanes of at least 4 members (excludes halogenated alkanes) is 2. The highest BCUT2D eigenvalue weighted by atomic mass is 15.1. The predicted molar refractivity (Wildman–Crippen MR) is 65.3 cm³/mol. The van der Waals surface area contributed by atoms with Crippen molar-refractivity contribution in [2.75, 3.05) is 0 Å². The summed E-state index contributed by atoms with van der Waals surface area (Å²) in [6.45, 7) is 4.23. The maximum absolute atomic E-state index is 4.23. The van der Waals surface area contributed by atoms with Gasteiger partial charge in [0, 0.05) is 25.1 Å². The van der Waals surface area contributed by atoms with Crippen molar-refractivity contribution in [2.24, 2.45) is 0 Å². The molecular weight excluding hydrogens is 198 g/mol. The molecule has 2 heterocycles. The average molecular weight is 217 g/mol. The van der Waals surface area contributed by atoms with E-state index in [9.17, 15) is 0 Å². The van der Waals surface area contributed by atoms with Crippen LogP contribution in [0.4, 0.5) is 0 Å². The molecule has 2 rings (SSSR count). The van der Waals surface area contributed by atoms with Gasteiger partial charge in [-0.25, -0.2) is 4.98 Å². The van der Waals surface area contributed by atoms with Gasteiger partial charge in [0.1, 0.15) is 0 Å². The zero-order chi connectivity index (χ0) is 11.2. The lowest BCUT2D eigenvalue weighted by Gasteiger charge is -2.08. The maximum atomic E-state index is 4.23. The summed E-state index contributed by atoms with van der Waals surface area (Å²) in [5.74, 6) is 0. The van der Waals surface area contributed by atoms with E-state index in [0.717, 1.165) is 13.1 Å². The first-order chi connectivity index (χ1) is 7.90. The van der Waals surface area contributed by atoms with Crippen molar-refractivity contribution in [2.45, 2.75) is 39.3 Å². The topological polar surface area (TPSA) is 22.8 Å². The van der Waals surface area contributed by atoms with E-state index < -0.39 is 0 Å². The molecule has 16 heavy (non-hydrogen) atoms. The lowest BCUT2D eigenvalue weighted by molar-refractivity contribution is 0.574. The normalized spacial score (nSPS) is 10.8. The first-order valence-corrected chi connectivity index (χ1v) is 6.00. The third kappa shape index (κ3) is 2.75. The van der Waals surface area contributed by atoms with Gasteiger partial charge in [-0.05, 0) is 18.6 Å². The van der Waals surface area contributed by atoms with Crippen molar-refractivity contribution in [1.82, 2.24) is 14.1 Å². The highest BCUT2D eigenvalue weighted by Crippen LogP contribution is 2.06. The fourth-order valence-electron chi connectivity index (χ4n) is 1.88. The fourth-order valence-corrected chi connectivity index (χ4v) is 1.88. The van der Waals surface area contributed by atoms with Gasteiger partial charge < -0.3 is 9.13 Å². The molecule has 0 aliphatic heterocycles. The minimum Gasteiger partial charge on any atom is -0.348 e. The maximum Gasteiger partial charge on any atom is 0.0948 e. The molecule has 0 unspecified atom stereocenters. The summed E-state index contributed by atoms with van der Waals surface area (Å²) in [5.41, 5.74) is 1.28. The van der Waals surface area contributed by atoms with Crippen molar-refractivity contribution in [3.05, 3.63) is 42.7 Å². The summed E-state index contributed by atoms with van der Waals surface area (Å²) >= 11 is 0. The Balaban J connectivity index is 1.96. The Morgan fingerprint density at radius 1 is 1.19 bits per heavy atom. The van der Waals surface area contributed by atoms with Gasteiger partial charge in [-0.2, -0.15) is 0 Å². The summed E-state index contributed by atoms with van der Waals surface area (Å²) in [4.78, 5) is 4.23. The van der Waals surface area contributed by atoms with E-state index in [2.05, 4.69) is 45.6 Å². The Kier molecular flexibility index (Phi) is 3.81. The smallest absolute Gasteiger partial charge is 0.0948 e. The van der Waals surface area contributed by atoms with Gasteiger partial charge in [-0.1, -0.05) is 19.8 Å². The van der Waals surface area contributed by atoms with Crippen LogP contribution < -0.4 is 0 Å². The Morgan fingerprint density at radius 2 is 2.00 bits per heavy atom. The molecule has 2 aromatic heterocycles. The van der Waals surface area contributed by atoms with Crippen LogP contribution in [0.5, 0.6) is 0 Å². The zero-order valence-electron chi connectivity index (χ0n) is 9.84. The predicted octanol–water partition coefficient (Wildman–Crippen LogP) is 2.92. The molecule has 2 aromatic rings. The Hall–Kier alpha value is -1.51. The van der Waals surface area contributed by atoms with Crippen LogP contribution in [0.2, 0.25) is 0 Å². The standard InChI is InChI=1S/C13H19N3/c1-2-3-4-9-16-12-14-10-13(16)11-15-7-5-6-8-15/h5-8,10,12H,2-4,9,11H2,1H3. The summed E-state index contributed by atoms with van der Waals surface area (Å²) in [7, 11) is 0. The van der Waals surface area contributed by atoms with E-state index in [1.165, 1.54) is 25.0 Å². The van der Waals surface area contributed by atoms with E-state index in [1.807, 2.05) is 12.5 Å². The second-order valence-corrected chi connectivity index (χ2v) is 4.14. The largest absolute Gasteiger partial charge is 0.348 e. The van der Waals surface area contributed by atoms with Crippen molar-refractivity contribution in [3.8, 4) is 0 Å². The van der Waals surface area contributed by atoms with Crippen LogP contribution in [0, 0.1) is 0 Å². The lowest BCUT2D eigenvalue weighted by Crippen LogP contribution is -2.05. The van der Waals surface area contributed by atoms with E-state index >= 15 is 0 Å². The number of nitrogens with zero attached hydrogens (tertiary/aromatic N) is 3. The molecular formula is C13H19N3. The Labute approximate surface area is 96.7 Å². The molecule has 0 atom stereocenters. The number of aromatic nitrogens is 3. The van der Waals surface area contributed by atoms with Crippen LogP contribution in [0.15, 0.2) is 37.1 Å². The Bertz CT molecular complexity index is 400. The molecule has 86 valence electrons. The van der Waals surface area contributed by atoms with E-state index in [4.69, 9.17) is 0 Å². The van der Waals surface area contributed by atoms with Crippen molar-refractivity contribution in [3.63, 3.8) is 0 Å². The number of rotatable bonds is 6. The van der Waals surface area contributed by atoms with Crippen molar-refractivity contribution < 1.29 is 0 Å². The fraction of sp³-hybridized carbons (Fsp3) is 0.462.